The number of methoxy groups -OCH3 is 2. The van der Waals surface area contributed by atoms with Crippen molar-refractivity contribution in [1.29, 1.82) is 0 Å². The van der Waals surface area contributed by atoms with E-state index in [1.807, 2.05) is 0 Å². The minimum Gasteiger partial charge on any atom is -0.466 e. The van der Waals surface area contributed by atoms with E-state index in [4.69, 9.17) is 0 Å². The Morgan fingerprint density at radius 2 is 1.58 bits per heavy atom. The van der Waals surface area contributed by atoms with Crippen molar-refractivity contribution in [1.82, 2.24) is 0 Å². The summed E-state index contributed by atoms with van der Waals surface area (Å²) in [6.45, 7) is -0.0293. The molecule has 68 valence electrons. The standard InChI is InChI=1S/C6H8O6/c1-10-5(8)4(12-3-7)6(9)11-2/h3-4H,1-2H3. The molecule has 0 radical (unpaired) electrons. The van der Waals surface area contributed by atoms with Gasteiger partial charge in [-0.2, -0.15) is 0 Å². The zero-order valence-electron chi connectivity index (χ0n) is 6.60. The van der Waals surface area contributed by atoms with E-state index >= 15 is 0 Å². The highest BCUT2D eigenvalue weighted by Gasteiger charge is 2.30. The van der Waals surface area contributed by atoms with Gasteiger partial charge in [0.15, 0.2) is 0 Å². The second kappa shape index (κ2) is 5.11. The number of ether oxygens (including phenoxy) is 3. The fraction of sp³-hybridized carbons (Fsp3) is 0.500. The van der Waals surface area contributed by atoms with E-state index in [1.165, 1.54) is 0 Å². The van der Waals surface area contributed by atoms with E-state index < -0.39 is 18.0 Å². The Morgan fingerprint density at radius 3 is 1.83 bits per heavy atom. The lowest BCUT2D eigenvalue weighted by Gasteiger charge is -2.09. The summed E-state index contributed by atoms with van der Waals surface area (Å²) in [5, 5.41) is 0. The number of esters is 2. The second-order valence-electron chi connectivity index (χ2n) is 1.66. The predicted octanol–water partition coefficient (Wildman–Crippen LogP) is -1.13. The maximum absolute atomic E-state index is 10.7. The normalized spacial score (nSPS) is 8.92. The lowest BCUT2D eigenvalue weighted by Crippen LogP contribution is -2.34. The van der Waals surface area contributed by atoms with Crippen LogP contribution in [0.4, 0.5) is 0 Å². The summed E-state index contributed by atoms with van der Waals surface area (Å²) >= 11 is 0. The predicted molar refractivity (Wildman–Crippen MR) is 35.0 cm³/mol. The first-order valence-corrected chi connectivity index (χ1v) is 2.92. The molecule has 0 aromatic heterocycles. The van der Waals surface area contributed by atoms with Gasteiger partial charge in [0.1, 0.15) is 0 Å². The number of hydrogen-bond acceptors (Lipinski definition) is 6. The molecule has 0 rings (SSSR count). The van der Waals surface area contributed by atoms with Gasteiger partial charge in [0, 0.05) is 0 Å². The van der Waals surface area contributed by atoms with Crippen LogP contribution in [0, 0.1) is 0 Å². The lowest BCUT2D eigenvalue weighted by atomic mass is 10.4. The Balaban J connectivity index is 4.31. The Morgan fingerprint density at radius 1 is 1.17 bits per heavy atom. The Kier molecular flexibility index (Phi) is 4.43. The molecule has 0 N–H and O–H groups in total. The minimum atomic E-state index is -1.63. The molecule has 0 bridgehead atoms. The smallest absolute Gasteiger partial charge is 0.359 e. The van der Waals surface area contributed by atoms with Crippen molar-refractivity contribution in [2.75, 3.05) is 14.2 Å². The van der Waals surface area contributed by atoms with Gasteiger partial charge in [-0.3, -0.25) is 4.79 Å². The molecule has 0 heterocycles. The quantitative estimate of drug-likeness (QED) is 0.233. The first-order chi connectivity index (χ1) is 5.67. The summed E-state index contributed by atoms with van der Waals surface area (Å²) in [5.74, 6) is -1.96. The van der Waals surface area contributed by atoms with Gasteiger partial charge in [-0.15, -0.1) is 0 Å². The van der Waals surface area contributed by atoms with Crippen LogP contribution in [-0.2, 0) is 28.6 Å². The topological polar surface area (TPSA) is 78.9 Å². The van der Waals surface area contributed by atoms with Gasteiger partial charge < -0.3 is 14.2 Å². The Hall–Kier alpha value is -1.59. The fourth-order valence-corrected chi connectivity index (χ4v) is 0.477. The van der Waals surface area contributed by atoms with Crippen molar-refractivity contribution in [3.8, 4) is 0 Å². The lowest BCUT2D eigenvalue weighted by molar-refractivity contribution is -0.172. The molecule has 0 spiro atoms. The van der Waals surface area contributed by atoms with Gasteiger partial charge >= 0.3 is 11.9 Å². The molecule has 0 aliphatic carbocycles. The van der Waals surface area contributed by atoms with Gasteiger partial charge in [0.2, 0.25) is 0 Å². The van der Waals surface area contributed by atoms with Crippen molar-refractivity contribution in [3.05, 3.63) is 0 Å². The van der Waals surface area contributed by atoms with Crippen molar-refractivity contribution in [2.45, 2.75) is 6.10 Å². The largest absolute Gasteiger partial charge is 0.466 e. The summed E-state index contributed by atoms with van der Waals surface area (Å²) in [5.41, 5.74) is 0. The molecule has 0 aromatic rings. The molecule has 0 unspecified atom stereocenters. The molecule has 0 fully saturated rings. The van der Waals surface area contributed by atoms with Crippen LogP contribution in [-0.4, -0.2) is 38.7 Å². The van der Waals surface area contributed by atoms with Crippen LogP contribution < -0.4 is 0 Å². The van der Waals surface area contributed by atoms with Gasteiger partial charge in [-0.25, -0.2) is 9.59 Å². The van der Waals surface area contributed by atoms with Crippen LogP contribution in [0.3, 0.4) is 0 Å². The van der Waals surface area contributed by atoms with Gasteiger partial charge in [-0.05, 0) is 0 Å². The molecule has 6 nitrogen and oxygen atoms in total. The molecule has 6 heteroatoms. The second-order valence-corrected chi connectivity index (χ2v) is 1.66. The highest BCUT2D eigenvalue weighted by atomic mass is 16.6. The maximum Gasteiger partial charge on any atom is 0.359 e. The molecular weight excluding hydrogens is 168 g/mol. The zero-order valence-corrected chi connectivity index (χ0v) is 6.60. The van der Waals surface area contributed by atoms with E-state index in [0.29, 0.717) is 0 Å². The molecule has 12 heavy (non-hydrogen) atoms. The van der Waals surface area contributed by atoms with Crippen molar-refractivity contribution >= 4 is 18.4 Å². The molecular formula is C6H8O6. The third-order valence-corrected chi connectivity index (χ3v) is 1.02. The van der Waals surface area contributed by atoms with Gasteiger partial charge in [0.25, 0.3) is 12.6 Å². The number of carbonyl (C=O) groups is 3. The summed E-state index contributed by atoms with van der Waals surface area (Å²) in [7, 11) is 2.12. The van der Waals surface area contributed by atoms with E-state index in [0.717, 1.165) is 14.2 Å². The summed E-state index contributed by atoms with van der Waals surface area (Å²) in [4.78, 5) is 31.2. The fourth-order valence-electron chi connectivity index (χ4n) is 0.477. The monoisotopic (exact) mass is 176 g/mol. The third-order valence-electron chi connectivity index (χ3n) is 1.02. The van der Waals surface area contributed by atoms with Crippen molar-refractivity contribution < 1.29 is 28.6 Å². The van der Waals surface area contributed by atoms with Crippen LogP contribution in [0.25, 0.3) is 0 Å². The van der Waals surface area contributed by atoms with Crippen LogP contribution in [0.5, 0.6) is 0 Å². The summed E-state index contributed by atoms with van der Waals surface area (Å²) < 4.78 is 12.4. The number of carbonyl (C=O) groups excluding carboxylic acids is 3. The molecule has 0 saturated heterocycles. The summed E-state index contributed by atoms with van der Waals surface area (Å²) in [6, 6.07) is 0. The minimum absolute atomic E-state index is 0.0293. The van der Waals surface area contributed by atoms with E-state index in [-0.39, 0.29) is 6.47 Å². The Labute approximate surface area is 68.4 Å². The molecule has 0 aliphatic rings. The first kappa shape index (κ1) is 10.4. The average molecular weight is 176 g/mol. The number of rotatable bonds is 4. The molecule has 0 atom stereocenters. The average Bonchev–Trinajstić information content (AvgIpc) is 2.11. The van der Waals surface area contributed by atoms with Gasteiger partial charge in [-0.1, -0.05) is 0 Å². The van der Waals surface area contributed by atoms with E-state index in [9.17, 15) is 14.4 Å². The van der Waals surface area contributed by atoms with Crippen LogP contribution in [0.1, 0.15) is 0 Å². The van der Waals surface area contributed by atoms with Crippen molar-refractivity contribution in [3.63, 3.8) is 0 Å². The molecule has 0 aromatic carbocycles. The maximum atomic E-state index is 10.7. The third kappa shape index (κ3) is 2.57. The van der Waals surface area contributed by atoms with E-state index in [1.54, 1.807) is 0 Å². The van der Waals surface area contributed by atoms with Crippen LogP contribution >= 0.6 is 0 Å². The first-order valence-electron chi connectivity index (χ1n) is 2.92. The Bertz CT molecular complexity index is 170. The SMILES string of the molecule is COC(=O)C(OC=O)C(=O)OC. The number of hydrogen-bond donors (Lipinski definition) is 0. The molecule has 0 saturated carbocycles. The van der Waals surface area contributed by atoms with Crippen LogP contribution in [0.15, 0.2) is 0 Å². The van der Waals surface area contributed by atoms with Crippen LogP contribution in [0.2, 0.25) is 0 Å². The summed E-state index contributed by atoms with van der Waals surface area (Å²) in [6.07, 6.45) is -1.63. The highest BCUT2D eigenvalue weighted by molar-refractivity contribution is 5.98. The van der Waals surface area contributed by atoms with E-state index in [2.05, 4.69) is 14.2 Å². The molecule has 0 amide bonds. The molecule has 0 aliphatic heterocycles. The van der Waals surface area contributed by atoms with Gasteiger partial charge in [0.05, 0.1) is 14.2 Å². The highest BCUT2D eigenvalue weighted by Crippen LogP contribution is 1.95. The van der Waals surface area contributed by atoms with Crippen molar-refractivity contribution in [2.24, 2.45) is 0 Å². The zero-order chi connectivity index (χ0) is 9.56.